The van der Waals surface area contributed by atoms with Gasteiger partial charge >= 0.3 is 0 Å². The van der Waals surface area contributed by atoms with Gasteiger partial charge in [-0.05, 0) is 67.1 Å². The van der Waals surface area contributed by atoms with E-state index in [1.807, 2.05) is 55.5 Å². The second-order valence-electron chi connectivity index (χ2n) is 10.0. The molecule has 0 radical (unpaired) electrons. The summed E-state index contributed by atoms with van der Waals surface area (Å²) in [7, 11) is 1.58. The number of rotatable bonds is 8. The predicted molar refractivity (Wildman–Crippen MR) is 165 cm³/mol. The van der Waals surface area contributed by atoms with E-state index < -0.39 is 0 Å². The third kappa shape index (κ3) is 6.66. The summed E-state index contributed by atoms with van der Waals surface area (Å²) in [6.45, 7) is 4.13. The molecule has 0 saturated carbocycles. The van der Waals surface area contributed by atoms with Gasteiger partial charge in [-0.2, -0.15) is 0 Å². The normalized spacial score (nSPS) is 13.9. The molecule has 10 heteroatoms. The first-order valence-electron chi connectivity index (χ1n) is 13.7. The molecule has 1 aromatic heterocycles. The summed E-state index contributed by atoms with van der Waals surface area (Å²) in [6, 6.07) is 25.4. The number of amides is 2. The Hall–Kier alpha value is -4.14. The number of hydrogen-bond donors (Lipinski definition) is 0. The minimum Gasteiger partial charge on any atom is -0.497 e. The minimum atomic E-state index is -0.297. The lowest BCUT2D eigenvalue weighted by molar-refractivity contribution is -0.132. The van der Waals surface area contributed by atoms with E-state index in [1.165, 1.54) is 0 Å². The Morgan fingerprint density at radius 3 is 2.24 bits per heavy atom. The molecule has 0 spiro atoms. The van der Waals surface area contributed by atoms with Crippen LogP contribution in [0.25, 0.3) is 11.3 Å². The van der Waals surface area contributed by atoms with Gasteiger partial charge in [-0.25, -0.2) is 0 Å². The number of ether oxygens (including phenoxy) is 1. The van der Waals surface area contributed by atoms with Crippen LogP contribution in [0.4, 0.5) is 5.82 Å². The highest BCUT2D eigenvalue weighted by Gasteiger charge is 2.29. The van der Waals surface area contributed by atoms with Gasteiger partial charge in [-0.3, -0.25) is 9.59 Å². The summed E-state index contributed by atoms with van der Waals surface area (Å²) in [4.78, 5) is 32.7. The molecule has 2 heterocycles. The number of benzene rings is 3. The standard InChI is InChI=1S/C32H31Cl2N5O3/c1-22(23-6-4-3-5-7-23)39(32(41)24-8-11-26(42-2)12-9-24)21-31(40)38-18-16-37(17-19-38)30-15-14-29(35-36-30)27-13-10-25(33)20-28(27)34/h3-15,20,22H,16-19,21H2,1-2H3/t22-/m0/s1. The molecular formula is C32H31Cl2N5O3. The van der Waals surface area contributed by atoms with Gasteiger partial charge in [0.25, 0.3) is 5.91 Å². The highest BCUT2D eigenvalue weighted by atomic mass is 35.5. The average molecular weight is 605 g/mol. The predicted octanol–water partition coefficient (Wildman–Crippen LogP) is 6.01. The van der Waals surface area contributed by atoms with Crippen molar-refractivity contribution in [1.82, 2.24) is 20.0 Å². The van der Waals surface area contributed by atoms with Crippen molar-refractivity contribution in [3.8, 4) is 17.0 Å². The maximum absolute atomic E-state index is 13.7. The van der Waals surface area contributed by atoms with Crippen LogP contribution < -0.4 is 9.64 Å². The first-order valence-corrected chi connectivity index (χ1v) is 14.4. The number of carbonyl (C=O) groups excluding carboxylic acids is 2. The molecule has 0 N–H and O–H groups in total. The van der Waals surface area contributed by atoms with Gasteiger partial charge in [0.2, 0.25) is 5.91 Å². The van der Waals surface area contributed by atoms with Crippen molar-refractivity contribution in [2.24, 2.45) is 0 Å². The van der Waals surface area contributed by atoms with E-state index in [1.54, 1.807) is 53.3 Å². The van der Waals surface area contributed by atoms with Gasteiger partial charge in [0, 0.05) is 42.3 Å². The molecule has 216 valence electrons. The highest BCUT2D eigenvalue weighted by Crippen LogP contribution is 2.29. The zero-order valence-electron chi connectivity index (χ0n) is 23.4. The Balaban J connectivity index is 1.25. The first kappa shape index (κ1) is 29.4. The molecule has 4 aromatic rings. The van der Waals surface area contributed by atoms with Gasteiger partial charge in [-0.15, -0.1) is 10.2 Å². The number of halogens is 2. The summed E-state index contributed by atoms with van der Waals surface area (Å²) in [5, 5.41) is 9.84. The third-order valence-corrected chi connectivity index (χ3v) is 8.01. The van der Waals surface area contributed by atoms with Crippen molar-refractivity contribution >= 4 is 40.8 Å². The Morgan fingerprint density at radius 1 is 0.905 bits per heavy atom. The van der Waals surface area contributed by atoms with Crippen LogP contribution in [0.15, 0.2) is 84.9 Å². The summed E-state index contributed by atoms with van der Waals surface area (Å²) in [6.07, 6.45) is 0. The lowest BCUT2D eigenvalue weighted by Crippen LogP contribution is -2.52. The number of piperazine rings is 1. The largest absolute Gasteiger partial charge is 0.497 e. The number of nitrogens with zero attached hydrogens (tertiary/aromatic N) is 5. The van der Waals surface area contributed by atoms with Crippen LogP contribution in [0, 0.1) is 0 Å². The maximum Gasteiger partial charge on any atom is 0.254 e. The summed E-state index contributed by atoms with van der Waals surface area (Å²) in [5.74, 6) is 1.08. The number of aromatic nitrogens is 2. The Labute approximate surface area is 255 Å². The molecule has 3 aromatic carbocycles. The molecule has 42 heavy (non-hydrogen) atoms. The summed E-state index contributed by atoms with van der Waals surface area (Å²) < 4.78 is 5.24. The molecule has 1 saturated heterocycles. The van der Waals surface area contributed by atoms with Crippen molar-refractivity contribution in [3.63, 3.8) is 0 Å². The van der Waals surface area contributed by atoms with Crippen molar-refractivity contribution in [3.05, 3.63) is 106 Å². The fraction of sp³-hybridized carbons (Fsp3) is 0.250. The van der Waals surface area contributed by atoms with E-state index in [-0.39, 0.29) is 24.4 Å². The molecule has 1 aliphatic rings. The van der Waals surface area contributed by atoms with E-state index in [0.717, 1.165) is 16.9 Å². The Kier molecular flexibility index (Phi) is 9.25. The molecule has 0 bridgehead atoms. The van der Waals surface area contributed by atoms with Gasteiger partial charge in [0.05, 0.1) is 23.9 Å². The van der Waals surface area contributed by atoms with Crippen LogP contribution in [0.3, 0.4) is 0 Å². The van der Waals surface area contributed by atoms with E-state index >= 15 is 0 Å². The second-order valence-corrected chi connectivity index (χ2v) is 10.9. The molecule has 1 fully saturated rings. The second kappa shape index (κ2) is 13.2. The Morgan fingerprint density at radius 2 is 1.62 bits per heavy atom. The lowest BCUT2D eigenvalue weighted by Gasteiger charge is -2.37. The van der Waals surface area contributed by atoms with E-state index in [0.29, 0.717) is 53.2 Å². The fourth-order valence-electron chi connectivity index (χ4n) is 4.96. The Bertz CT molecular complexity index is 1530. The smallest absolute Gasteiger partial charge is 0.254 e. The van der Waals surface area contributed by atoms with Crippen molar-refractivity contribution in [2.45, 2.75) is 13.0 Å². The lowest BCUT2D eigenvalue weighted by atomic mass is 10.1. The number of carbonyl (C=O) groups is 2. The van der Waals surface area contributed by atoms with Crippen LogP contribution in [-0.2, 0) is 4.79 Å². The zero-order valence-corrected chi connectivity index (χ0v) is 24.9. The highest BCUT2D eigenvalue weighted by molar-refractivity contribution is 6.36. The molecular weight excluding hydrogens is 573 g/mol. The molecule has 2 amide bonds. The molecule has 1 atom stereocenters. The SMILES string of the molecule is COc1ccc(C(=O)N(CC(=O)N2CCN(c3ccc(-c4ccc(Cl)cc4Cl)nn3)CC2)[C@@H](C)c2ccccc2)cc1. The van der Waals surface area contributed by atoms with E-state index in [2.05, 4.69) is 15.1 Å². The number of hydrogen-bond acceptors (Lipinski definition) is 6. The molecule has 0 aliphatic carbocycles. The van der Waals surface area contributed by atoms with Gasteiger partial charge in [0.15, 0.2) is 5.82 Å². The van der Waals surface area contributed by atoms with Crippen molar-refractivity contribution in [1.29, 1.82) is 0 Å². The van der Waals surface area contributed by atoms with E-state index in [4.69, 9.17) is 27.9 Å². The topological polar surface area (TPSA) is 78.9 Å². The average Bonchev–Trinajstić information content (AvgIpc) is 3.03. The van der Waals surface area contributed by atoms with Crippen LogP contribution in [-0.4, -0.2) is 71.6 Å². The first-order chi connectivity index (χ1) is 20.3. The molecule has 1 aliphatic heterocycles. The summed E-state index contributed by atoms with van der Waals surface area (Å²) in [5.41, 5.74) is 2.87. The molecule has 8 nitrogen and oxygen atoms in total. The van der Waals surface area contributed by atoms with Crippen LogP contribution >= 0.6 is 23.2 Å². The third-order valence-electron chi connectivity index (χ3n) is 7.47. The number of methoxy groups -OCH3 is 1. The molecule has 5 rings (SSSR count). The monoisotopic (exact) mass is 603 g/mol. The van der Waals surface area contributed by atoms with Crippen molar-refractivity contribution in [2.75, 3.05) is 44.7 Å². The molecule has 0 unspecified atom stereocenters. The van der Waals surface area contributed by atoms with E-state index in [9.17, 15) is 9.59 Å². The summed E-state index contributed by atoms with van der Waals surface area (Å²) >= 11 is 12.3. The quantitative estimate of drug-likeness (QED) is 0.245. The van der Waals surface area contributed by atoms with Crippen LogP contribution in [0.2, 0.25) is 10.0 Å². The van der Waals surface area contributed by atoms with Gasteiger partial charge in [-0.1, -0.05) is 53.5 Å². The minimum absolute atomic E-state index is 0.0305. The van der Waals surface area contributed by atoms with Gasteiger partial charge in [0.1, 0.15) is 12.3 Å². The zero-order chi connectivity index (χ0) is 29.6. The van der Waals surface area contributed by atoms with Crippen molar-refractivity contribution < 1.29 is 14.3 Å². The van der Waals surface area contributed by atoms with Gasteiger partial charge < -0.3 is 19.4 Å². The van der Waals surface area contributed by atoms with Crippen LogP contribution in [0.1, 0.15) is 28.9 Å². The van der Waals surface area contributed by atoms with Crippen LogP contribution in [0.5, 0.6) is 5.75 Å². The fourth-order valence-corrected chi connectivity index (χ4v) is 5.47. The number of anilines is 1. The maximum atomic E-state index is 13.7.